The molecule has 0 N–H and O–H groups in total. The van der Waals surface area contributed by atoms with Gasteiger partial charge < -0.3 is 14.5 Å². The molecular weight excluding hydrogens is 396 g/mol. The fourth-order valence-corrected chi connectivity index (χ4v) is 4.55. The molecule has 0 aliphatic carbocycles. The molecule has 0 bridgehead atoms. The lowest BCUT2D eigenvalue weighted by Crippen LogP contribution is -2.42. The van der Waals surface area contributed by atoms with E-state index in [1.165, 1.54) is 17.0 Å². The quantitative estimate of drug-likeness (QED) is 0.613. The van der Waals surface area contributed by atoms with Gasteiger partial charge in [-0.3, -0.25) is 9.36 Å². The van der Waals surface area contributed by atoms with Gasteiger partial charge in [-0.25, -0.2) is 4.99 Å². The number of thiazole rings is 1. The van der Waals surface area contributed by atoms with Crippen molar-refractivity contribution in [3.05, 3.63) is 73.8 Å². The van der Waals surface area contributed by atoms with Crippen molar-refractivity contribution < 1.29 is 4.74 Å². The number of ether oxygens (including phenoxy) is 1. The predicted octanol–water partition coefficient (Wildman–Crippen LogP) is 2.65. The minimum Gasteiger partial charge on any atom is -0.497 e. The highest BCUT2D eigenvalue weighted by molar-refractivity contribution is 7.07. The summed E-state index contributed by atoms with van der Waals surface area (Å²) < 4.78 is 7.68. The zero-order chi connectivity index (χ0) is 21.1. The molecule has 0 radical (unpaired) electrons. The zero-order valence-electron chi connectivity index (χ0n) is 17.5. The summed E-state index contributed by atoms with van der Waals surface area (Å²) in [5.74, 6) is 0.810. The smallest absolute Gasteiger partial charge is 0.271 e. The number of anilines is 2. The van der Waals surface area contributed by atoms with Crippen LogP contribution in [0.3, 0.4) is 0 Å². The van der Waals surface area contributed by atoms with E-state index in [9.17, 15) is 4.79 Å². The maximum Gasteiger partial charge on any atom is 0.271 e. The third-order valence-electron chi connectivity index (χ3n) is 5.33. The third-order valence-corrected chi connectivity index (χ3v) is 6.38. The van der Waals surface area contributed by atoms with E-state index in [-0.39, 0.29) is 5.56 Å². The lowest BCUT2D eigenvalue weighted by Gasteiger charge is -2.25. The van der Waals surface area contributed by atoms with Gasteiger partial charge in [0.15, 0.2) is 4.80 Å². The van der Waals surface area contributed by atoms with Gasteiger partial charge in [-0.15, -0.1) is 0 Å². The van der Waals surface area contributed by atoms with E-state index >= 15 is 0 Å². The van der Waals surface area contributed by atoms with Gasteiger partial charge >= 0.3 is 0 Å². The van der Waals surface area contributed by atoms with Crippen molar-refractivity contribution in [1.29, 1.82) is 0 Å². The second-order valence-electron chi connectivity index (χ2n) is 7.07. The normalized spacial score (nSPS) is 13.7. The molecule has 0 atom stereocenters. The fourth-order valence-electron chi connectivity index (χ4n) is 3.59. The van der Waals surface area contributed by atoms with Crippen LogP contribution in [0, 0.1) is 0 Å². The van der Waals surface area contributed by atoms with E-state index < -0.39 is 0 Å². The fraction of sp³-hybridized carbons (Fsp3) is 0.304. The SMILES string of the molecule is CCN(CC)c1ccc(/C=c2\sc3n(c2=O)CN(c2ccc(OC)cc2)CN=3)cc1. The zero-order valence-corrected chi connectivity index (χ0v) is 18.4. The van der Waals surface area contributed by atoms with Crippen molar-refractivity contribution in [3.8, 4) is 5.75 Å². The standard InChI is InChI=1S/C23H26N4O2S/c1-4-25(5-2)18-8-6-17(7-9-18)14-21-22(28)27-16-26(15-24-23(27)30-21)19-10-12-20(29-3)13-11-19/h6-14H,4-5,15-16H2,1-3H3/b21-14-. The van der Waals surface area contributed by atoms with E-state index in [0.29, 0.717) is 17.9 Å². The maximum absolute atomic E-state index is 13.0. The van der Waals surface area contributed by atoms with Gasteiger partial charge in [0.1, 0.15) is 19.1 Å². The first-order valence-electron chi connectivity index (χ1n) is 10.1. The lowest BCUT2D eigenvalue weighted by molar-refractivity contribution is 0.414. The Morgan fingerprint density at radius 1 is 1.10 bits per heavy atom. The number of hydrogen-bond donors (Lipinski definition) is 0. The predicted molar refractivity (Wildman–Crippen MR) is 123 cm³/mol. The molecule has 0 saturated heterocycles. The molecule has 1 aliphatic rings. The van der Waals surface area contributed by atoms with Gasteiger partial charge in [0, 0.05) is 24.5 Å². The molecule has 4 rings (SSSR count). The summed E-state index contributed by atoms with van der Waals surface area (Å²) in [6, 6.07) is 16.2. The monoisotopic (exact) mass is 422 g/mol. The highest BCUT2D eigenvalue weighted by Crippen LogP contribution is 2.20. The summed E-state index contributed by atoms with van der Waals surface area (Å²) in [7, 11) is 1.65. The molecule has 2 aromatic carbocycles. The molecule has 0 fully saturated rings. The van der Waals surface area contributed by atoms with Crippen LogP contribution in [0.1, 0.15) is 19.4 Å². The van der Waals surface area contributed by atoms with E-state index in [1.807, 2.05) is 30.3 Å². The molecular formula is C23H26N4O2S. The Hall–Kier alpha value is -3.06. The molecule has 7 heteroatoms. The van der Waals surface area contributed by atoms with E-state index in [4.69, 9.17) is 4.74 Å². The first kappa shape index (κ1) is 20.2. The van der Waals surface area contributed by atoms with Gasteiger partial charge in [-0.1, -0.05) is 23.5 Å². The van der Waals surface area contributed by atoms with Crippen LogP contribution in [0.25, 0.3) is 6.08 Å². The minimum atomic E-state index is 0.00443. The summed E-state index contributed by atoms with van der Waals surface area (Å²) in [5.41, 5.74) is 3.24. The van der Waals surface area contributed by atoms with Crippen molar-refractivity contribution in [3.63, 3.8) is 0 Å². The molecule has 6 nitrogen and oxygen atoms in total. The third kappa shape index (κ3) is 3.98. The highest BCUT2D eigenvalue weighted by Gasteiger charge is 2.16. The molecule has 30 heavy (non-hydrogen) atoms. The maximum atomic E-state index is 13.0. The van der Waals surface area contributed by atoms with Crippen molar-refractivity contribution in [2.45, 2.75) is 20.5 Å². The average Bonchev–Trinajstić information content (AvgIpc) is 3.10. The molecule has 0 unspecified atom stereocenters. The van der Waals surface area contributed by atoms with Crippen LogP contribution in [-0.4, -0.2) is 31.4 Å². The first-order valence-corrected chi connectivity index (χ1v) is 10.9. The van der Waals surface area contributed by atoms with Crippen molar-refractivity contribution >= 4 is 28.8 Å². The molecule has 156 valence electrons. The Morgan fingerprint density at radius 3 is 2.43 bits per heavy atom. The molecule has 2 heterocycles. The van der Waals surface area contributed by atoms with Crippen LogP contribution in [-0.2, 0) is 6.67 Å². The van der Waals surface area contributed by atoms with E-state index in [1.54, 1.807) is 11.7 Å². The second kappa shape index (κ2) is 8.75. The Bertz CT molecular complexity index is 1180. The lowest BCUT2D eigenvalue weighted by atomic mass is 10.2. The number of aromatic nitrogens is 1. The van der Waals surface area contributed by atoms with Gasteiger partial charge in [-0.05, 0) is 61.9 Å². The number of rotatable bonds is 6. The van der Waals surface area contributed by atoms with Crippen LogP contribution in [0.15, 0.2) is 58.3 Å². The molecule has 0 saturated carbocycles. The topological polar surface area (TPSA) is 50.1 Å². The molecule has 0 amide bonds. The van der Waals surface area contributed by atoms with Gasteiger partial charge in [0.05, 0.1) is 11.6 Å². The summed E-state index contributed by atoms with van der Waals surface area (Å²) in [4.78, 5) is 22.8. The Morgan fingerprint density at radius 2 is 1.80 bits per heavy atom. The average molecular weight is 423 g/mol. The molecule has 1 aromatic heterocycles. The molecule has 1 aliphatic heterocycles. The van der Waals surface area contributed by atoms with Gasteiger partial charge in [-0.2, -0.15) is 0 Å². The molecule has 0 spiro atoms. The number of hydrogen-bond acceptors (Lipinski definition) is 6. The Kier molecular flexibility index (Phi) is 5.90. The van der Waals surface area contributed by atoms with Crippen molar-refractivity contribution in [2.75, 3.05) is 36.7 Å². The van der Waals surface area contributed by atoms with Gasteiger partial charge in [0.25, 0.3) is 5.56 Å². The van der Waals surface area contributed by atoms with Gasteiger partial charge in [0.2, 0.25) is 0 Å². The Balaban J connectivity index is 1.60. The second-order valence-corrected chi connectivity index (χ2v) is 8.08. The van der Waals surface area contributed by atoms with Crippen LogP contribution in [0.4, 0.5) is 11.4 Å². The number of nitrogens with zero attached hydrogens (tertiary/aromatic N) is 4. The largest absolute Gasteiger partial charge is 0.497 e. The first-order chi connectivity index (χ1) is 14.6. The number of fused-ring (bicyclic) bond motifs is 1. The van der Waals surface area contributed by atoms with Crippen LogP contribution in [0.2, 0.25) is 0 Å². The summed E-state index contributed by atoms with van der Waals surface area (Å²) in [6.45, 7) is 7.29. The Labute approximate surface area is 180 Å². The van der Waals surface area contributed by atoms with Crippen LogP contribution < -0.4 is 29.4 Å². The van der Waals surface area contributed by atoms with Crippen molar-refractivity contribution in [2.24, 2.45) is 4.99 Å². The summed E-state index contributed by atoms with van der Waals surface area (Å²) in [5, 5.41) is 0. The van der Waals surface area contributed by atoms with Crippen LogP contribution in [0.5, 0.6) is 5.75 Å². The summed E-state index contributed by atoms with van der Waals surface area (Å²) in [6.07, 6.45) is 1.96. The number of benzene rings is 2. The van der Waals surface area contributed by atoms with Crippen LogP contribution >= 0.6 is 11.3 Å². The molecule has 3 aromatic rings. The number of methoxy groups -OCH3 is 1. The summed E-state index contributed by atoms with van der Waals surface area (Å²) >= 11 is 1.45. The minimum absolute atomic E-state index is 0.00443. The highest BCUT2D eigenvalue weighted by atomic mass is 32.1. The van der Waals surface area contributed by atoms with E-state index in [0.717, 1.165) is 34.9 Å². The van der Waals surface area contributed by atoms with E-state index in [2.05, 4.69) is 52.9 Å². The van der Waals surface area contributed by atoms with Crippen molar-refractivity contribution in [1.82, 2.24) is 4.57 Å².